The topological polar surface area (TPSA) is 49.4 Å². The van der Waals surface area contributed by atoms with Gasteiger partial charge in [0, 0.05) is 11.0 Å². The minimum atomic E-state index is -0.276. The summed E-state index contributed by atoms with van der Waals surface area (Å²) in [6.45, 7) is 4.43. The second-order valence-corrected chi connectivity index (χ2v) is 8.62. The fraction of sp³-hybridized carbons (Fsp3) is 0.154. The minimum absolute atomic E-state index is 0.149. The van der Waals surface area contributed by atoms with Crippen LogP contribution in [0, 0.1) is 6.92 Å². The number of hydrogen-bond donors (Lipinski definition) is 1. The van der Waals surface area contributed by atoms with E-state index in [1.165, 1.54) is 17.8 Å². The van der Waals surface area contributed by atoms with Crippen LogP contribution in [0.15, 0.2) is 94.7 Å². The average Bonchev–Trinajstić information content (AvgIpc) is 2.78. The van der Waals surface area contributed by atoms with Crippen LogP contribution in [0.1, 0.15) is 29.7 Å². The maximum atomic E-state index is 13.4. The van der Waals surface area contributed by atoms with Crippen molar-refractivity contribution in [3.05, 3.63) is 107 Å². The van der Waals surface area contributed by atoms with E-state index in [1.807, 2.05) is 92.7 Å². The summed E-state index contributed by atoms with van der Waals surface area (Å²) in [5, 5.41) is 2.96. The van der Waals surface area contributed by atoms with Gasteiger partial charge in [0.15, 0.2) is 0 Å². The maximum Gasteiger partial charge on any atom is 0.265 e. The summed E-state index contributed by atoms with van der Waals surface area (Å²) in [4.78, 5) is 29.2. The van der Waals surface area contributed by atoms with Crippen molar-refractivity contribution in [2.45, 2.75) is 31.3 Å². The highest BCUT2D eigenvalue weighted by atomic mass is 32.2. The summed E-state index contributed by atoms with van der Waals surface area (Å²) < 4.78 is 0. The lowest BCUT2D eigenvalue weighted by Crippen LogP contribution is -2.35. The average molecular weight is 429 g/mol. The van der Waals surface area contributed by atoms with Crippen LogP contribution in [0.4, 0.5) is 5.69 Å². The molecule has 0 aromatic heterocycles. The molecule has 4 rings (SSSR count). The van der Waals surface area contributed by atoms with E-state index in [0.29, 0.717) is 11.4 Å². The largest absolute Gasteiger partial charge is 0.346 e. The molecular formula is C26H24N2O2S. The van der Waals surface area contributed by atoms with Gasteiger partial charge in [-0.2, -0.15) is 0 Å². The monoisotopic (exact) mass is 428 g/mol. The lowest BCUT2D eigenvalue weighted by atomic mass is 10.1. The van der Waals surface area contributed by atoms with E-state index in [9.17, 15) is 9.59 Å². The first kappa shape index (κ1) is 20.9. The molecule has 0 unspecified atom stereocenters. The molecule has 0 spiro atoms. The molecule has 1 heterocycles. The van der Waals surface area contributed by atoms with Crippen molar-refractivity contribution < 1.29 is 9.59 Å². The van der Waals surface area contributed by atoms with Crippen LogP contribution in [0.2, 0.25) is 0 Å². The number of amides is 2. The van der Waals surface area contributed by atoms with E-state index >= 15 is 0 Å². The Kier molecular flexibility index (Phi) is 6.23. The highest BCUT2D eigenvalue weighted by Gasteiger charge is 2.30. The van der Waals surface area contributed by atoms with E-state index in [-0.39, 0.29) is 17.9 Å². The fourth-order valence-corrected chi connectivity index (χ4v) is 4.61. The number of para-hydroxylation sites is 1. The van der Waals surface area contributed by atoms with E-state index in [0.717, 1.165) is 27.3 Å². The molecule has 4 nitrogen and oxygen atoms in total. The third-order valence-electron chi connectivity index (χ3n) is 5.34. The van der Waals surface area contributed by atoms with Crippen LogP contribution in [0.5, 0.6) is 0 Å². The number of rotatable bonds is 5. The van der Waals surface area contributed by atoms with Gasteiger partial charge in [0.1, 0.15) is 0 Å². The first-order chi connectivity index (χ1) is 15.0. The van der Waals surface area contributed by atoms with Crippen molar-refractivity contribution in [3.8, 4) is 0 Å². The molecule has 3 aromatic rings. The molecule has 0 saturated heterocycles. The van der Waals surface area contributed by atoms with Crippen LogP contribution in [-0.2, 0) is 16.1 Å². The van der Waals surface area contributed by atoms with Crippen molar-refractivity contribution >= 4 is 29.3 Å². The lowest BCUT2D eigenvalue weighted by Gasteiger charge is -2.30. The fourth-order valence-electron chi connectivity index (χ4n) is 3.58. The summed E-state index contributed by atoms with van der Waals surface area (Å²) in [6.07, 6.45) is 1.42. The SMILES string of the molecule is Cc1ccccc1CN1C(=O)/C(=C/C(=O)N[C@@H](C)c2ccccc2)Sc2ccccc21. The number of hydrogen-bond acceptors (Lipinski definition) is 3. The van der Waals surface area contributed by atoms with Crippen LogP contribution in [0.25, 0.3) is 0 Å². The van der Waals surface area contributed by atoms with Crippen LogP contribution in [-0.4, -0.2) is 11.8 Å². The number of aryl methyl sites for hydroxylation is 1. The first-order valence-electron chi connectivity index (χ1n) is 10.2. The molecule has 156 valence electrons. The molecule has 1 aliphatic heterocycles. The molecule has 0 fully saturated rings. The molecular weight excluding hydrogens is 404 g/mol. The molecule has 1 aliphatic rings. The van der Waals surface area contributed by atoms with Crippen molar-refractivity contribution in [2.75, 3.05) is 4.90 Å². The van der Waals surface area contributed by atoms with Gasteiger partial charge in [-0.25, -0.2) is 0 Å². The quantitative estimate of drug-likeness (QED) is 0.554. The van der Waals surface area contributed by atoms with Crippen LogP contribution in [0.3, 0.4) is 0 Å². The van der Waals surface area contributed by atoms with E-state index in [4.69, 9.17) is 0 Å². The Bertz CT molecular complexity index is 1140. The number of thioether (sulfide) groups is 1. The molecule has 1 atom stereocenters. The number of carbonyl (C=O) groups is 2. The van der Waals surface area contributed by atoms with Crippen LogP contribution < -0.4 is 10.2 Å². The Labute approximate surface area is 187 Å². The Balaban J connectivity index is 1.59. The number of anilines is 1. The molecule has 2 amide bonds. The van der Waals surface area contributed by atoms with Crippen LogP contribution >= 0.6 is 11.8 Å². The van der Waals surface area contributed by atoms with Gasteiger partial charge in [-0.1, -0.05) is 78.5 Å². The Morgan fingerprint density at radius 2 is 1.68 bits per heavy atom. The molecule has 5 heteroatoms. The predicted octanol–water partition coefficient (Wildman–Crippen LogP) is 5.40. The van der Waals surface area contributed by atoms with E-state index in [2.05, 4.69) is 5.32 Å². The Hall–Kier alpha value is -3.31. The zero-order valence-electron chi connectivity index (χ0n) is 17.5. The summed E-state index contributed by atoms with van der Waals surface area (Å²) in [5.74, 6) is -0.433. The molecule has 3 aromatic carbocycles. The number of fused-ring (bicyclic) bond motifs is 1. The zero-order valence-corrected chi connectivity index (χ0v) is 18.4. The van der Waals surface area contributed by atoms with E-state index < -0.39 is 0 Å². The third kappa shape index (κ3) is 4.72. The van der Waals surface area contributed by atoms with Gasteiger partial charge in [0.2, 0.25) is 5.91 Å². The van der Waals surface area contributed by atoms with Gasteiger partial charge in [-0.15, -0.1) is 0 Å². The predicted molar refractivity (Wildman–Crippen MR) is 126 cm³/mol. The lowest BCUT2D eigenvalue weighted by molar-refractivity contribution is -0.118. The zero-order chi connectivity index (χ0) is 21.8. The summed E-state index contributed by atoms with van der Waals surface area (Å²) >= 11 is 1.34. The summed E-state index contributed by atoms with van der Waals surface area (Å²) in [6, 6.07) is 25.5. The van der Waals surface area contributed by atoms with Gasteiger partial charge in [-0.05, 0) is 42.7 Å². The number of nitrogens with one attached hydrogen (secondary N) is 1. The molecule has 0 radical (unpaired) electrons. The van der Waals surface area contributed by atoms with E-state index in [1.54, 1.807) is 4.90 Å². The number of benzene rings is 3. The third-order valence-corrected chi connectivity index (χ3v) is 6.42. The maximum absolute atomic E-state index is 13.4. The molecule has 0 bridgehead atoms. The molecule has 0 saturated carbocycles. The van der Waals surface area contributed by atoms with Crippen molar-refractivity contribution in [1.82, 2.24) is 5.32 Å². The first-order valence-corrected chi connectivity index (χ1v) is 11.0. The van der Waals surface area contributed by atoms with Crippen molar-refractivity contribution in [2.24, 2.45) is 0 Å². The molecule has 0 aliphatic carbocycles. The number of nitrogens with zero attached hydrogens (tertiary/aromatic N) is 1. The van der Waals surface area contributed by atoms with Gasteiger partial charge in [-0.3, -0.25) is 9.59 Å². The second kappa shape index (κ2) is 9.23. The van der Waals surface area contributed by atoms with Gasteiger partial charge in [0.25, 0.3) is 5.91 Å². The minimum Gasteiger partial charge on any atom is -0.346 e. The second-order valence-electron chi connectivity index (χ2n) is 7.54. The smallest absolute Gasteiger partial charge is 0.265 e. The van der Waals surface area contributed by atoms with Crippen molar-refractivity contribution in [3.63, 3.8) is 0 Å². The Morgan fingerprint density at radius 3 is 2.45 bits per heavy atom. The van der Waals surface area contributed by atoms with Crippen molar-refractivity contribution in [1.29, 1.82) is 0 Å². The Morgan fingerprint density at radius 1 is 1.00 bits per heavy atom. The van der Waals surface area contributed by atoms with Gasteiger partial charge < -0.3 is 10.2 Å². The number of carbonyl (C=O) groups excluding carboxylic acids is 2. The molecule has 1 N–H and O–H groups in total. The standard InChI is InChI=1S/C26H24N2O2S/c1-18-10-6-7-13-21(18)17-28-22-14-8-9-15-23(22)31-24(26(28)30)16-25(29)27-19(2)20-11-4-3-5-12-20/h3-16,19H,17H2,1-2H3,(H,27,29)/b24-16-/t19-/m0/s1. The molecule has 31 heavy (non-hydrogen) atoms. The highest BCUT2D eigenvalue weighted by molar-refractivity contribution is 8.04. The van der Waals surface area contributed by atoms with Gasteiger partial charge in [0.05, 0.1) is 23.2 Å². The summed E-state index contributed by atoms with van der Waals surface area (Å²) in [5.41, 5.74) is 4.10. The normalized spacial score (nSPS) is 15.5. The summed E-state index contributed by atoms with van der Waals surface area (Å²) in [7, 11) is 0. The highest BCUT2D eigenvalue weighted by Crippen LogP contribution is 2.42. The van der Waals surface area contributed by atoms with Gasteiger partial charge >= 0.3 is 0 Å².